The van der Waals surface area contributed by atoms with Crippen LogP contribution in [-0.4, -0.2) is 30.6 Å². The number of nitrogens with zero attached hydrogens (tertiary/aromatic N) is 1. The number of hydrogen-bond acceptors (Lipinski definition) is 2. The van der Waals surface area contributed by atoms with E-state index in [2.05, 4.69) is 10.6 Å². The molecule has 1 aromatic rings. The van der Waals surface area contributed by atoms with Crippen LogP contribution in [-0.2, 0) is 4.79 Å². The fourth-order valence-corrected chi connectivity index (χ4v) is 3.50. The van der Waals surface area contributed by atoms with Gasteiger partial charge in [-0.1, -0.05) is 19.3 Å². The van der Waals surface area contributed by atoms with Crippen molar-refractivity contribution in [2.24, 2.45) is 0 Å². The van der Waals surface area contributed by atoms with Gasteiger partial charge in [0.25, 0.3) is 0 Å². The van der Waals surface area contributed by atoms with Gasteiger partial charge in [0, 0.05) is 18.3 Å². The SMILES string of the molecule is Cc1cc(N2CC[C@H](NC(=O)NC3CCCCC3)C2=O)ccc1F. The maximum atomic E-state index is 13.4. The number of nitrogens with one attached hydrogen (secondary N) is 2. The third kappa shape index (κ3) is 3.68. The summed E-state index contributed by atoms with van der Waals surface area (Å²) in [4.78, 5) is 26.2. The molecule has 6 heteroatoms. The molecule has 1 aliphatic carbocycles. The zero-order valence-corrected chi connectivity index (χ0v) is 14.0. The van der Waals surface area contributed by atoms with Gasteiger partial charge in [-0.15, -0.1) is 0 Å². The molecular weight excluding hydrogens is 309 g/mol. The third-order valence-corrected chi connectivity index (χ3v) is 4.90. The van der Waals surface area contributed by atoms with Crippen molar-refractivity contribution >= 4 is 17.6 Å². The van der Waals surface area contributed by atoms with Crippen LogP contribution in [0.1, 0.15) is 44.1 Å². The molecule has 3 amide bonds. The Kier molecular flexibility index (Phi) is 5.02. The number of carbonyl (C=O) groups is 2. The maximum Gasteiger partial charge on any atom is 0.315 e. The summed E-state index contributed by atoms with van der Waals surface area (Å²) < 4.78 is 13.4. The molecule has 130 valence electrons. The van der Waals surface area contributed by atoms with Gasteiger partial charge in [-0.05, 0) is 49.9 Å². The van der Waals surface area contributed by atoms with Crippen molar-refractivity contribution in [3.8, 4) is 0 Å². The van der Waals surface area contributed by atoms with E-state index in [9.17, 15) is 14.0 Å². The van der Waals surface area contributed by atoms with Crippen molar-refractivity contribution in [2.45, 2.75) is 57.5 Å². The van der Waals surface area contributed by atoms with E-state index in [1.165, 1.54) is 12.5 Å². The second kappa shape index (κ2) is 7.20. The van der Waals surface area contributed by atoms with Crippen LogP contribution in [0.4, 0.5) is 14.9 Å². The van der Waals surface area contributed by atoms with Gasteiger partial charge in [0.15, 0.2) is 0 Å². The molecule has 2 fully saturated rings. The zero-order chi connectivity index (χ0) is 17.1. The molecule has 1 saturated carbocycles. The molecule has 3 rings (SSSR count). The van der Waals surface area contributed by atoms with Crippen molar-refractivity contribution in [1.29, 1.82) is 0 Å². The molecule has 1 aromatic carbocycles. The van der Waals surface area contributed by atoms with Crippen LogP contribution in [0.5, 0.6) is 0 Å². The molecule has 0 spiro atoms. The third-order valence-electron chi connectivity index (χ3n) is 4.90. The summed E-state index contributed by atoms with van der Waals surface area (Å²) in [6, 6.07) is 4.07. The molecule has 0 bridgehead atoms. The van der Waals surface area contributed by atoms with E-state index in [-0.39, 0.29) is 23.8 Å². The first-order valence-electron chi connectivity index (χ1n) is 8.69. The quantitative estimate of drug-likeness (QED) is 0.893. The standard InChI is InChI=1S/C18H24FN3O2/c1-12-11-14(7-8-15(12)19)22-10-9-16(17(22)23)21-18(24)20-13-5-3-2-4-6-13/h7-8,11,13,16H,2-6,9-10H2,1H3,(H2,20,21,24)/t16-/m0/s1. The summed E-state index contributed by atoms with van der Waals surface area (Å²) in [5.41, 5.74) is 1.18. The smallest absolute Gasteiger partial charge is 0.315 e. The van der Waals surface area contributed by atoms with Crippen molar-refractivity contribution < 1.29 is 14.0 Å². The fraction of sp³-hybridized carbons (Fsp3) is 0.556. The van der Waals surface area contributed by atoms with Gasteiger partial charge in [-0.3, -0.25) is 4.79 Å². The van der Waals surface area contributed by atoms with E-state index in [0.717, 1.165) is 25.7 Å². The topological polar surface area (TPSA) is 61.4 Å². The number of amides is 3. The van der Waals surface area contributed by atoms with E-state index in [1.807, 2.05) is 0 Å². The molecule has 0 unspecified atom stereocenters. The molecular formula is C18H24FN3O2. The van der Waals surface area contributed by atoms with E-state index in [4.69, 9.17) is 0 Å². The Morgan fingerprint density at radius 2 is 1.92 bits per heavy atom. The Hall–Kier alpha value is -2.11. The van der Waals surface area contributed by atoms with Gasteiger partial charge in [-0.25, -0.2) is 9.18 Å². The number of urea groups is 1. The number of hydrogen-bond donors (Lipinski definition) is 2. The first-order chi connectivity index (χ1) is 11.5. The molecule has 2 aliphatic rings. The van der Waals surface area contributed by atoms with Crippen molar-refractivity contribution in [1.82, 2.24) is 10.6 Å². The summed E-state index contributed by atoms with van der Waals surface area (Å²) >= 11 is 0. The normalized spacial score (nSPS) is 21.8. The highest BCUT2D eigenvalue weighted by atomic mass is 19.1. The van der Waals surface area contributed by atoms with Crippen LogP contribution >= 0.6 is 0 Å². The summed E-state index contributed by atoms with van der Waals surface area (Å²) in [6.45, 7) is 2.20. The van der Waals surface area contributed by atoms with E-state index < -0.39 is 6.04 Å². The highest BCUT2D eigenvalue weighted by Crippen LogP contribution is 2.24. The number of rotatable bonds is 3. The van der Waals surface area contributed by atoms with Crippen LogP contribution in [0.25, 0.3) is 0 Å². The van der Waals surface area contributed by atoms with Gasteiger partial charge in [-0.2, -0.15) is 0 Å². The van der Waals surface area contributed by atoms with Crippen LogP contribution in [0.15, 0.2) is 18.2 Å². The summed E-state index contributed by atoms with van der Waals surface area (Å²) in [6.07, 6.45) is 6.09. The van der Waals surface area contributed by atoms with Gasteiger partial charge in [0.2, 0.25) is 5.91 Å². The monoisotopic (exact) mass is 333 g/mol. The highest BCUT2D eigenvalue weighted by molar-refractivity contribution is 6.01. The molecule has 0 radical (unpaired) electrons. The zero-order valence-electron chi connectivity index (χ0n) is 14.0. The Balaban J connectivity index is 1.57. The van der Waals surface area contributed by atoms with Crippen LogP contribution in [0.3, 0.4) is 0 Å². The number of carbonyl (C=O) groups excluding carboxylic acids is 2. The minimum atomic E-state index is -0.515. The molecule has 1 heterocycles. The number of halogens is 1. The average Bonchev–Trinajstić information content (AvgIpc) is 2.92. The maximum absolute atomic E-state index is 13.4. The molecule has 5 nitrogen and oxygen atoms in total. The Morgan fingerprint density at radius 3 is 2.62 bits per heavy atom. The van der Waals surface area contributed by atoms with Gasteiger partial charge in [0.1, 0.15) is 11.9 Å². The molecule has 1 aliphatic heterocycles. The first kappa shape index (κ1) is 16.7. The van der Waals surface area contributed by atoms with Gasteiger partial charge < -0.3 is 15.5 Å². The van der Waals surface area contributed by atoms with Crippen LogP contribution in [0.2, 0.25) is 0 Å². The van der Waals surface area contributed by atoms with Gasteiger partial charge in [0.05, 0.1) is 0 Å². The van der Waals surface area contributed by atoms with Crippen LogP contribution < -0.4 is 15.5 Å². The molecule has 1 atom stereocenters. The predicted molar refractivity (Wildman–Crippen MR) is 90.4 cm³/mol. The van der Waals surface area contributed by atoms with Crippen LogP contribution in [0, 0.1) is 12.7 Å². The van der Waals surface area contributed by atoms with Gasteiger partial charge >= 0.3 is 6.03 Å². The Morgan fingerprint density at radius 1 is 1.17 bits per heavy atom. The Bertz CT molecular complexity index is 629. The first-order valence-corrected chi connectivity index (χ1v) is 8.69. The van der Waals surface area contributed by atoms with Crippen molar-refractivity contribution in [3.05, 3.63) is 29.6 Å². The lowest BCUT2D eigenvalue weighted by Crippen LogP contribution is -2.49. The minimum absolute atomic E-state index is 0.139. The highest BCUT2D eigenvalue weighted by Gasteiger charge is 2.34. The van der Waals surface area contributed by atoms with Crippen molar-refractivity contribution in [2.75, 3.05) is 11.4 Å². The van der Waals surface area contributed by atoms with E-state index in [1.54, 1.807) is 24.0 Å². The predicted octanol–water partition coefficient (Wildman–Crippen LogP) is 2.87. The summed E-state index contributed by atoms with van der Waals surface area (Å²) in [7, 11) is 0. The molecule has 2 N–H and O–H groups in total. The second-order valence-corrected chi connectivity index (χ2v) is 6.72. The number of anilines is 1. The lowest BCUT2D eigenvalue weighted by Gasteiger charge is -2.24. The minimum Gasteiger partial charge on any atom is -0.335 e. The molecule has 0 aromatic heterocycles. The molecule has 1 saturated heterocycles. The second-order valence-electron chi connectivity index (χ2n) is 6.72. The summed E-state index contributed by atoms with van der Waals surface area (Å²) in [5, 5.41) is 5.75. The molecule has 24 heavy (non-hydrogen) atoms. The lowest BCUT2D eigenvalue weighted by molar-refractivity contribution is -0.118. The average molecular weight is 333 g/mol. The van der Waals surface area contributed by atoms with E-state index in [0.29, 0.717) is 24.2 Å². The Labute approximate surface area is 141 Å². The lowest BCUT2D eigenvalue weighted by atomic mass is 9.96. The van der Waals surface area contributed by atoms with Crippen molar-refractivity contribution in [3.63, 3.8) is 0 Å². The fourth-order valence-electron chi connectivity index (χ4n) is 3.50. The number of aryl methyl sites for hydroxylation is 1. The number of benzene rings is 1. The summed E-state index contributed by atoms with van der Waals surface area (Å²) in [5.74, 6) is -0.424. The van der Waals surface area contributed by atoms with E-state index >= 15 is 0 Å². The largest absolute Gasteiger partial charge is 0.335 e.